The molecule has 0 saturated heterocycles. The predicted molar refractivity (Wildman–Crippen MR) is 114 cm³/mol. The lowest BCUT2D eigenvalue weighted by molar-refractivity contribution is -0.116. The molecule has 5 heteroatoms. The Kier molecular flexibility index (Phi) is 4.82. The molecule has 0 radical (unpaired) electrons. The molecule has 0 bridgehead atoms. The van der Waals surface area contributed by atoms with Gasteiger partial charge in [0.2, 0.25) is 5.91 Å². The Bertz CT molecular complexity index is 1110. The second-order valence-corrected chi connectivity index (χ2v) is 7.75. The minimum atomic E-state index is -0.522. The third-order valence-electron chi connectivity index (χ3n) is 5.80. The molecule has 1 aliphatic rings. The number of benzene rings is 2. The zero-order valence-electron chi connectivity index (χ0n) is 17.2. The number of carbonyl (C=O) groups is 2. The van der Waals surface area contributed by atoms with Gasteiger partial charge in [0.1, 0.15) is 5.82 Å². The minimum Gasteiger partial charge on any atom is -0.310 e. The van der Waals surface area contributed by atoms with Crippen LogP contribution in [0.4, 0.5) is 5.82 Å². The van der Waals surface area contributed by atoms with E-state index in [1.807, 2.05) is 56.3 Å². The molecule has 0 saturated carbocycles. The number of amides is 1. The minimum absolute atomic E-state index is 0.0357. The van der Waals surface area contributed by atoms with Crippen molar-refractivity contribution in [3.05, 3.63) is 76.0 Å². The van der Waals surface area contributed by atoms with Gasteiger partial charge in [0.15, 0.2) is 5.78 Å². The molecule has 1 atom stereocenters. The highest BCUT2D eigenvalue weighted by molar-refractivity contribution is 6.08. The van der Waals surface area contributed by atoms with Crippen molar-refractivity contribution in [3.63, 3.8) is 0 Å². The molecule has 148 valence electrons. The van der Waals surface area contributed by atoms with Crippen molar-refractivity contribution in [2.45, 2.75) is 46.5 Å². The van der Waals surface area contributed by atoms with Crippen LogP contribution in [0.1, 0.15) is 57.6 Å². The zero-order chi connectivity index (χ0) is 20.7. The maximum Gasteiger partial charge on any atom is 0.226 e. The molecule has 2 heterocycles. The number of aromatic nitrogens is 2. The van der Waals surface area contributed by atoms with E-state index in [-0.39, 0.29) is 18.1 Å². The van der Waals surface area contributed by atoms with Crippen molar-refractivity contribution in [1.29, 1.82) is 0 Å². The average molecular weight is 387 g/mol. The molecule has 1 aromatic heterocycles. The summed E-state index contributed by atoms with van der Waals surface area (Å²) in [6.45, 7) is 8.09. The van der Waals surface area contributed by atoms with E-state index in [2.05, 4.69) is 24.3 Å². The van der Waals surface area contributed by atoms with Crippen molar-refractivity contribution in [3.8, 4) is 5.69 Å². The highest BCUT2D eigenvalue weighted by Gasteiger charge is 2.36. The Balaban J connectivity index is 1.78. The summed E-state index contributed by atoms with van der Waals surface area (Å²) in [4.78, 5) is 25.8. The number of aryl methyl sites for hydroxylation is 4. The van der Waals surface area contributed by atoms with Gasteiger partial charge >= 0.3 is 0 Å². The van der Waals surface area contributed by atoms with E-state index in [1.54, 1.807) is 4.68 Å². The third kappa shape index (κ3) is 3.37. The number of nitrogens with one attached hydrogen (secondary N) is 1. The lowest BCUT2D eigenvalue weighted by atomic mass is 9.85. The summed E-state index contributed by atoms with van der Waals surface area (Å²) in [6.07, 6.45) is 1.06. The SMILES string of the molecule is CCc1ccc(C(=O)C2CC(=O)Nc3c2c(C)nn3-c2ccc(C)c(C)c2)cc1. The van der Waals surface area contributed by atoms with Crippen molar-refractivity contribution in [2.75, 3.05) is 5.32 Å². The largest absolute Gasteiger partial charge is 0.310 e. The normalized spacial score (nSPS) is 15.7. The van der Waals surface area contributed by atoms with Crippen molar-refractivity contribution in [1.82, 2.24) is 9.78 Å². The molecule has 4 rings (SSSR count). The molecule has 0 spiro atoms. The molecule has 29 heavy (non-hydrogen) atoms. The van der Waals surface area contributed by atoms with Crippen LogP contribution in [0.15, 0.2) is 42.5 Å². The quantitative estimate of drug-likeness (QED) is 0.662. The van der Waals surface area contributed by atoms with E-state index in [4.69, 9.17) is 0 Å². The highest BCUT2D eigenvalue weighted by Crippen LogP contribution is 2.38. The number of fused-ring (bicyclic) bond motifs is 1. The highest BCUT2D eigenvalue weighted by atomic mass is 16.2. The van der Waals surface area contributed by atoms with Crippen molar-refractivity contribution < 1.29 is 9.59 Å². The maximum absolute atomic E-state index is 13.3. The van der Waals surface area contributed by atoms with Gasteiger partial charge in [-0.25, -0.2) is 4.68 Å². The monoisotopic (exact) mass is 387 g/mol. The fourth-order valence-electron chi connectivity index (χ4n) is 3.92. The lowest BCUT2D eigenvalue weighted by Crippen LogP contribution is -2.28. The molecule has 1 N–H and O–H groups in total. The van der Waals surface area contributed by atoms with Gasteiger partial charge in [0.25, 0.3) is 0 Å². The van der Waals surface area contributed by atoms with Gasteiger partial charge in [-0.2, -0.15) is 5.10 Å². The summed E-state index contributed by atoms with van der Waals surface area (Å²) in [5, 5.41) is 7.62. The van der Waals surface area contributed by atoms with E-state index in [9.17, 15) is 9.59 Å². The number of Topliss-reactive ketones (excluding diaryl/α,β-unsaturated/α-hetero) is 1. The number of rotatable bonds is 4. The van der Waals surface area contributed by atoms with Gasteiger partial charge in [-0.05, 0) is 56.0 Å². The van der Waals surface area contributed by atoms with Gasteiger partial charge in [0.05, 0.1) is 17.3 Å². The number of hydrogen-bond donors (Lipinski definition) is 1. The standard InChI is InChI=1S/C24H25N3O2/c1-5-17-7-9-18(10-8-17)23(29)20-13-21(28)25-24-22(20)16(4)26-27(24)19-11-6-14(2)15(3)12-19/h6-12,20H,5,13H2,1-4H3,(H,25,28). The average Bonchev–Trinajstić information content (AvgIpc) is 3.05. The molecule has 1 aliphatic heterocycles. The Hall–Kier alpha value is -3.21. The Morgan fingerprint density at radius 1 is 1.10 bits per heavy atom. The van der Waals surface area contributed by atoms with Gasteiger partial charge in [-0.3, -0.25) is 9.59 Å². The van der Waals surface area contributed by atoms with Crippen LogP contribution in [0.3, 0.4) is 0 Å². The Morgan fingerprint density at radius 3 is 2.48 bits per heavy atom. The van der Waals surface area contributed by atoms with Crippen LogP contribution in [-0.4, -0.2) is 21.5 Å². The Labute approximate surface area is 170 Å². The molecule has 0 fully saturated rings. The number of nitrogens with zero attached hydrogens (tertiary/aromatic N) is 2. The first-order valence-corrected chi connectivity index (χ1v) is 9.99. The summed E-state index contributed by atoms with van der Waals surface area (Å²) in [6, 6.07) is 13.7. The lowest BCUT2D eigenvalue weighted by Gasteiger charge is -2.23. The Morgan fingerprint density at radius 2 is 1.83 bits per heavy atom. The van der Waals surface area contributed by atoms with Crippen LogP contribution in [0, 0.1) is 20.8 Å². The van der Waals surface area contributed by atoms with E-state index in [0.717, 1.165) is 28.9 Å². The van der Waals surface area contributed by atoms with Gasteiger partial charge in [0, 0.05) is 17.5 Å². The summed E-state index contributed by atoms with van der Waals surface area (Å²) in [5.41, 5.74) is 6.61. The predicted octanol–water partition coefficient (Wildman–Crippen LogP) is 4.67. The zero-order valence-corrected chi connectivity index (χ0v) is 17.2. The van der Waals surface area contributed by atoms with Gasteiger partial charge in [-0.1, -0.05) is 37.3 Å². The first kappa shape index (κ1) is 19.1. The molecule has 3 aromatic rings. The smallest absolute Gasteiger partial charge is 0.226 e. The van der Waals surface area contributed by atoms with Gasteiger partial charge in [-0.15, -0.1) is 0 Å². The van der Waals surface area contributed by atoms with Gasteiger partial charge < -0.3 is 5.32 Å². The van der Waals surface area contributed by atoms with Crippen molar-refractivity contribution in [2.24, 2.45) is 0 Å². The van der Waals surface area contributed by atoms with E-state index >= 15 is 0 Å². The van der Waals surface area contributed by atoms with Crippen molar-refractivity contribution >= 4 is 17.5 Å². The first-order chi connectivity index (χ1) is 13.9. The van der Waals surface area contributed by atoms with Crippen LogP contribution in [0.25, 0.3) is 5.69 Å². The van der Waals surface area contributed by atoms with Crippen LogP contribution >= 0.6 is 0 Å². The van der Waals surface area contributed by atoms with E-state index in [1.165, 1.54) is 11.1 Å². The first-order valence-electron chi connectivity index (χ1n) is 9.99. The maximum atomic E-state index is 13.3. The summed E-state index contributed by atoms with van der Waals surface area (Å²) in [5.74, 6) is -0.116. The second-order valence-electron chi connectivity index (χ2n) is 7.75. The number of hydrogen-bond acceptors (Lipinski definition) is 3. The van der Waals surface area contributed by atoms with Crippen LogP contribution in [-0.2, 0) is 11.2 Å². The molecule has 1 unspecified atom stereocenters. The van der Waals surface area contributed by atoms with Crippen LogP contribution in [0.5, 0.6) is 0 Å². The fraction of sp³-hybridized carbons (Fsp3) is 0.292. The molecule has 0 aliphatic carbocycles. The summed E-state index contributed by atoms with van der Waals surface area (Å²) in [7, 11) is 0. The molecular formula is C24H25N3O2. The fourth-order valence-corrected chi connectivity index (χ4v) is 3.92. The number of anilines is 1. The molecular weight excluding hydrogens is 362 g/mol. The topological polar surface area (TPSA) is 64.0 Å². The third-order valence-corrected chi connectivity index (χ3v) is 5.80. The van der Waals surface area contributed by atoms with E-state index in [0.29, 0.717) is 11.4 Å². The number of carbonyl (C=O) groups excluding carboxylic acids is 2. The molecule has 5 nitrogen and oxygen atoms in total. The van der Waals surface area contributed by atoms with Crippen LogP contribution in [0.2, 0.25) is 0 Å². The molecule has 1 amide bonds. The number of ketones is 1. The second kappa shape index (κ2) is 7.32. The summed E-state index contributed by atoms with van der Waals surface area (Å²) < 4.78 is 1.74. The summed E-state index contributed by atoms with van der Waals surface area (Å²) >= 11 is 0. The van der Waals surface area contributed by atoms with Crippen LogP contribution < -0.4 is 5.32 Å². The van der Waals surface area contributed by atoms with E-state index < -0.39 is 5.92 Å². The molecule has 2 aromatic carbocycles.